The monoisotopic (exact) mass is 372 g/mol. The van der Waals surface area contributed by atoms with Crippen LogP contribution >= 0.6 is 0 Å². The van der Waals surface area contributed by atoms with Gasteiger partial charge in [0.2, 0.25) is 0 Å². The van der Waals surface area contributed by atoms with Crippen molar-refractivity contribution >= 4 is 6.08 Å². The van der Waals surface area contributed by atoms with E-state index in [1.807, 2.05) is 24.3 Å². The van der Waals surface area contributed by atoms with Crippen LogP contribution in [0.5, 0.6) is 0 Å². The number of nitrogens with one attached hydrogen (secondary N) is 1. The van der Waals surface area contributed by atoms with Crippen molar-refractivity contribution in [1.82, 2.24) is 19.9 Å². The molecule has 1 saturated heterocycles. The summed E-state index contributed by atoms with van der Waals surface area (Å²) in [5, 5.41) is 0. The lowest BCUT2D eigenvalue weighted by Gasteiger charge is -2.16. The number of pyridine rings is 1. The Kier molecular flexibility index (Phi) is 5.44. The van der Waals surface area contributed by atoms with Gasteiger partial charge >= 0.3 is 0 Å². The van der Waals surface area contributed by atoms with E-state index in [9.17, 15) is 4.79 Å². The molecule has 1 unspecified atom stereocenters. The lowest BCUT2D eigenvalue weighted by Crippen LogP contribution is -2.23. The minimum Gasteiger partial charge on any atom is -0.305 e. The summed E-state index contributed by atoms with van der Waals surface area (Å²) in [4.78, 5) is 26.4. The SMILES string of the molecule is C/C(=C\c1ccccc1)CN1CCC(c2cc(=O)[nH]c(-c3ccccn3)n2)C1. The number of H-pyrrole nitrogens is 1. The second kappa shape index (κ2) is 8.31. The van der Waals surface area contributed by atoms with E-state index in [4.69, 9.17) is 4.98 Å². The molecule has 28 heavy (non-hydrogen) atoms. The summed E-state index contributed by atoms with van der Waals surface area (Å²) in [5.74, 6) is 0.816. The largest absolute Gasteiger partial charge is 0.305 e. The molecule has 3 aromatic rings. The van der Waals surface area contributed by atoms with Crippen molar-refractivity contribution < 1.29 is 0 Å². The molecule has 0 bridgehead atoms. The molecule has 4 rings (SSSR count). The van der Waals surface area contributed by atoms with Crippen molar-refractivity contribution in [1.29, 1.82) is 0 Å². The Bertz CT molecular complexity index is 1010. The lowest BCUT2D eigenvalue weighted by atomic mass is 10.0. The normalized spacial score (nSPS) is 17.8. The highest BCUT2D eigenvalue weighted by Crippen LogP contribution is 2.26. The summed E-state index contributed by atoms with van der Waals surface area (Å²) >= 11 is 0. The van der Waals surface area contributed by atoms with E-state index in [2.05, 4.69) is 52.1 Å². The van der Waals surface area contributed by atoms with E-state index in [1.165, 1.54) is 11.1 Å². The molecule has 142 valence electrons. The molecule has 0 amide bonds. The summed E-state index contributed by atoms with van der Waals surface area (Å²) in [5.41, 5.74) is 3.99. The number of hydrogen-bond acceptors (Lipinski definition) is 4. The Balaban J connectivity index is 1.46. The zero-order valence-electron chi connectivity index (χ0n) is 16.0. The van der Waals surface area contributed by atoms with E-state index in [0.717, 1.165) is 31.7 Å². The molecular formula is C23H24N4O. The maximum absolute atomic E-state index is 12.2. The van der Waals surface area contributed by atoms with Gasteiger partial charge in [-0.15, -0.1) is 0 Å². The molecule has 1 aliphatic rings. The van der Waals surface area contributed by atoms with Crippen LogP contribution in [0.4, 0.5) is 0 Å². The van der Waals surface area contributed by atoms with Crippen LogP contribution < -0.4 is 5.56 Å². The van der Waals surface area contributed by atoms with Crippen molar-refractivity contribution in [2.24, 2.45) is 0 Å². The van der Waals surface area contributed by atoms with Crippen LogP contribution in [-0.2, 0) is 0 Å². The standard InChI is InChI=1S/C23H24N4O/c1-17(13-18-7-3-2-4-8-18)15-27-12-10-19(16-27)21-14-22(28)26-23(25-21)20-9-5-6-11-24-20/h2-9,11,13-14,19H,10,12,15-16H2,1H3,(H,25,26,28)/b17-13+. The van der Waals surface area contributed by atoms with Gasteiger partial charge < -0.3 is 4.98 Å². The minimum absolute atomic E-state index is 0.121. The van der Waals surface area contributed by atoms with Gasteiger partial charge in [0.1, 0.15) is 5.69 Å². The highest BCUT2D eigenvalue weighted by Gasteiger charge is 2.25. The van der Waals surface area contributed by atoms with Crippen molar-refractivity contribution in [3.05, 3.63) is 88.0 Å². The van der Waals surface area contributed by atoms with Gasteiger partial charge in [0.15, 0.2) is 5.82 Å². The molecular weight excluding hydrogens is 348 g/mol. The fourth-order valence-corrected chi connectivity index (χ4v) is 3.76. The fraction of sp³-hybridized carbons (Fsp3) is 0.261. The number of aromatic amines is 1. The molecule has 3 heterocycles. The molecule has 0 spiro atoms. The Morgan fingerprint density at radius 1 is 1.21 bits per heavy atom. The van der Waals surface area contributed by atoms with Crippen LogP contribution in [0.1, 0.15) is 30.5 Å². The fourth-order valence-electron chi connectivity index (χ4n) is 3.76. The third-order valence-electron chi connectivity index (χ3n) is 5.05. The molecule has 1 N–H and O–H groups in total. The topological polar surface area (TPSA) is 61.9 Å². The van der Waals surface area contributed by atoms with Crippen LogP contribution in [0, 0.1) is 0 Å². The van der Waals surface area contributed by atoms with Crippen LogP contribution in [0.2, 0.25) is 0 Å². The third-order valence-corrected chi connectivity index (χ3v) is 5.05. The Morgan fingerprint density at radius 3 is 2.82 bits per heavy atom. The lowest BCUT2D eigenvalue weighted by molar-refractivity contribution is 0.363. The highest BCUT2D eigenvalue weighted by atomic mass is 16.1. The summed E-state index contributed by atoms with van der Waals surface area (Å²) in [6, 6.07) is 17.6. The molecule has 0 aliphatic carbocycles. The molecule has 5 nitrogen and oxygen atoms in total. The van der Waals surface area contributed by atoms with Crippen LogP contribution in [0.15, 0.2) is 71.2 Å². The van der Waals surface area contributed by atoms with Gasteiger partial charge in [0.05, 0.1) is 5.69 Å². The van der Waals surface area contributed by atoms with Crippen LogP contribution in [0.3, 0.4) is 0 Å². The van der Waals surface area contributed by atoms with E-state index in [1.54, 1.807) is 12.3 Å². The van der Waals surface area contributed by atoms with Gasteiger partial charge in [-0.1, -0.05) is 48.0 Å². The van der Waals surface area contributed by atoms with Crippen LogP contribution in [-0.4, -0.2) is 39.5 Å². The maximum atomic E-state index is 12.2. The van der Waals surface area contributed by atoms with Gasteiger partial charge in [-0.2, -0.15) is 0 Å². The van der Waals surface area contributed by atoms with Gasteiger partial charge in [-0.3, -0.25) is 14.7 Å². The number of nitrogens with zero attached hydrogens (tertiary/aromatic N) is 3. The van der Waals surface area contributed by atoms with Gasteiger partial charge in [0.25, 0.3) is 5.56 Å². The molecule has 2 aromatic heterocycles. The summed E-state index contributed by atoms with van der Waals surface area (Å²) in [6.07, 6.45) is 4.95. The highest BCUT2D eigenvalue weighted by molar-refractivity contribution is 5.52. The van der Waals surface area contributed by atoms with Gasteiger partial charge in [-0.05, 0) is 37.6 Å². The average molecular weight is 372 g/mol. The van der Waals surface area contributed by atoms with Gasteiger partial charge in [-0.25, -0.2) is 4.98 Å². The van der Waals surface area contributed by atoms with Crippen LogP contribution in [0.25, 0.3) is 17.6 Å². The molecule has 1 aliphatic heterocycles. The summed E-state index contributed by atoms with van der Waals surface area (Å²) in [6.45, 7) is 5.03. The predicted molar refractivity (Wildman–Crippen MR) is 112 cm³/mol. The van der Waals surface area contributed by atoms with E-state index < -0.39 is 0 Å². The first-order valence-electron chi connectivity index (χ1n) is 9.64. The summed E-state index contributed by atoms with van der Waals surface area (Å²) in [7, 11) is 0. The number of benzene rings is 1. The zero-order chi connectivity index (χ0) is 19.3. The third kappa shape index (κ3) is 4.43. The number of likely N-dealkylation sites (tertiary alicyclic amines) is 1. The molecule has 0 radical (unpaired) electrons. The molecule has 1 atom stereocenters. The quantitative estimate of drug-likeness (QED) is 0.741. The van der Waals surface area contributed by atoms with Crippen molar-refractivity contribution in [2.45, 2.75) is 19.3 Å². The molecule has 1 fully saturated rings. The Hall–Kier alpha value is -3.05. The number of hydrogen-bond donors (Lipinski definition) is 1. The van der Waals surface area contributed by atoms with Crippen molar-refractivity contribution in [3.63, 3.8) is 0 Å². The van der Waals surface area contributed by atoms with Gasteiger partial charge in [0, 0.05) is 31.3 Å². The van der Waals surface area contributed by atoms with E-state index in [-0.39, 0.29) is 11.5 Å². The second-order valence-corrected chi connectivity index (χ2v) is 7.36. The smallest absolute Gasteiger partial charge is 0.251 e. The first-order valence-corrected chi connectivity index (χ1v) is 9.64. The molecule has 0 saturated carbocycles. The zero-order valence-corrected chi connectivity index (χ0v) is 16.0. The average Bonchev–Trinajstić information content (AvgIpc) is 3.17. The molecule has 1 aromatic carbocycles. The second-order valence-electron chi connectivity index (χ2n) is 7.36. The Labute approximate surface area is 164 Å². The first kappa shape index (κ1) is 18.3. The summed E-state index contributed by atoms with van der Waals surface area (Å²) < 4.78 is 0. The minimum atomic E-state index is -0.121. The maximum Gasteiger partial charge on any atom is 0.251 e. The first-order chi connectivity index (χ1) is 13.7. The van der Waals surface area contributed by atoms with E-state index in [0.29, 0.717) is 11.5 Å². The number of aromatic nitrogens is 3. The number of rotatable bonds is 5. The predicted octanol–water partition coefficient (Wildman–Crippen LogP) is 3.72. The van der Waals surface area contributed by atoms with E-state index >= 15 is 0 Å². The van der Waals surface area contributed by atoms with Crippen molar-refractivity contribution in [3.8, 4) is 11.5 Å². The van der Waals surface area contributed by atoms with Crippen molar-refractivity contribution in [2.75, 3.05) is 19.6 Å². The Morgan fingerprint density at radius 2 is 2.04 bits per heavy atom. The molecule has 5 heteroatoms.